The van der Waals surface area contributed by atoms with Crippen LogP contribution in [-0.2, 0) is 32.5 Å². The SMILES string of the molecule is CS(=O)(=O)Nc1ccccc1N1CCN(C(=O)[C@@H](Cc2cccc3ccccc23)NC(=O)C2N[CH]Cc3ccccc32)CC1. The number of benzene rings is 4. The molecule has 0 bridgehead atoms. The van der Waals surface area contributed by atoms with Crippen molar-refractivity contribution in [1.82, 2.24) is 15.5 Å². The summed E-state index contributed by atoms with van der Waals surface area (Å²) >= 11 is 0. The maximum absolute atomic E-state index is 14.2. The molecule has 0 aliphatic carbocycles. The van der Waals surface area contributed by atoms with Crippen molar-refractivity contribution in [3.63, 3.8) is 0 Å². The molecule has 2 amide bonds. The second kappa shape index (κ2) is 12.7. The Balaban J connectivity index is 1.23. The minimum atomic E-state index is -3.45. The summed E-state index contributed by atoms with van der Waals surface area (Å²) in [4.78, 5) is 31.8. The van der Waals surface area contributed by atoms with E-state index in [-0.39, 0.29) is 11.8 Å². The average molecular weight is 611 g/mol. The number of amides is 2. The van der Waals surface area contributed by atoms with E-state index in [0.717, 1.165) is 45.8 Å². The summed E-state index contributed by atoms with van der Waals surface area (Å²) in [6, 6.07) is 27.9. The highest BCUT2D eigenvalue weighted by atomic mass is 32.2. The molecule has 10 heteroatoms. The Labute approximate surface area is 258 Å². The first kappa shape index (κ1) is 29.7. The molecule has 2 aliphatic rings. The van der Waals surface area contributed by atoms with Crippen molar-refractivity contribution in [2.45, 2.75) is 24.9 Å². The minimum Gasteiger partial charge on any atom is -0.366 e. The topological polar surface area (TPSA) is 111 Å². The number of nitrogens with zero attached hydrogens (tertiary/aromatic N) is 2. The first-order valence-electron chi connectivity index (χ1n) is 14.8. The largest absolute Gasteiger partial charge is 0.366 e. The van der Waals surface area contributed by atoms with E-state index in [1.165, 1.54) is 0 Å². The molecule has 227 valence electrons. The van der Waals surface area contributed by atoms with Crippen molar-refractivity contribution >= 4 is 44.0 Å². The van der Waals surface area contributed by atoms with Gasteiger partial charge in [-0.25, -0.2) is 8.42 Å². The van der Waals surface area contributed by atoms with Crippen LogP contribution in [0, 0.1) is 6.54 Å². The molecular weight excluding hydrogens is 574 g/mol. The van der Waals surface area contributed by atoms with E-state index < -0.39 is 22.1 Å². The fourth-order valence-electron chi connectivity index (χ4n) is 6.16. The first-order chi connectivity index (χ1) is 21.3. The molecule has 1 fully saturated rings. The van der Waals surface area contributed by atoms with Gasteiger partial charge in [-0.05, 0) is 46.0 Å². The van der Waals surface area contributed by atoms with Crippen LogP contribution in [0.15, 0.2) is 91.0 Å². The highest BCUT2D eigenvalue weighted by Crippen LogP contribution is 2.28. The Morgan fingerprint density at radius 3 is 2.41 bits per heavy atom. The monoisotopic (exact) mass is 610 g/mol. The van der Waals surface area contributed by atoms with Gasteiger partial charge in [0.2, 0.25) is 21.8 Å². The maximum Gasteiger partial charge on any atom is 0.245 e. The number of para-hydroxylation sites is 2. The van der Waals surface area contributed by atoms with Gasteiger partial charge in [-0.3, -0.25) is 19.6 Å². The van der Waals surface area contributed by atoms with Gasteiger partial charge < -0.3 is 15.1 Å². The van der Waals surface area contributed by atoms with E-state index >= 15 is 0 Å². The number of hydrogen-bond acceptors (Lipinski definition) is 6. The molecule has 0 saturated carbocycles. The van der Waals surface area contributed by atoms with E-state index in [4.69, 9.17) is 0 Å². The summed E-state index contributed by atoms with van der Waals surface area (Å²) in [5.74, 6) is -0.382. The zero-order valence-electron chi connectivity index (χ0n) is 24.6. The van der Waals surface area contributed by atoms with Gasteiger partial charge in [0, 0.05) is 39.1 Å². The summed E-state index contributed by atoms with van der Waals surface area (Å²) in [5.41, 5.74) is 4.27. The number of carbonyl (C=O) groups excluding carboxylic acids is 2. The smallest absolute Gasteiger partial charge is 0.245 e. The second-order valence-corrected chi connectivity index (χ2v) is 13.1. The van der Waals surface area contributed by atoms with Gasteiger partial charge in [-0.1, -0.05) is 78.9 Å². The average Bonchev–Trinajstić information content (AvgIpc) is 3.03. The number of rotatable bonds is 8. The molecule has 2 atom stereocenters. The third-order valence-electron chi connectivity index (χ3n) is 8.28. The predicted molar refractivity (Wildman–Crippen MR) is 174 cm³/mol. The molecule has 9 nitrogen and oxygen atoms in total. The van der Waals surface area contributed by atoms with Gasteiger partial charge in [0.1, 0.15) is 12.1 Å². The zero-order chi connectivity index (χ0) is 30.7. The van der Waals surface area contributed by atoms with Crippen LogP contribution in [0.1, 0.15) is 22.7 Å². The fourth-order valence-corrected chi connectivity index (χ4v) is 6.74. The van der Waals surface area contributed by atoms with Gasteiger partial charge in [0.05, 0.1) is 17.6 Å². The summed E-state index contributed by atoms with van der Waals surface area (Å²) in [6.07, 6.45) is 2.21. The molecule has 2 aliphatic heterocycles. The van der Waals surface area contributed by atoms with Crippen LogP contribution in [0.5, 0.6) is 0 Å². The van der Waals surface area contributed by atoms with Crippen LogP contribution >= 0.6 is 0 Å². The standard InChI is InChI=1S/C34H36N5O4S/c1-44(42,43)37-29-15-6-7-16-31(29)38-19-21-39(22-20-38)34(41)30(23-26-12-8-11-24-9-2-4-13-27(24)26)36-33(40)32-28-14-5-3-10-25(28)17-18-35-32/h2-16,18,30,32,35,37H,17,19-23H2,1H3,(H,36,40)/t30-,32?/m1/s1. The number of fused-ring (bicyclic) bond motifs is 2. The highest BCUT2D eigenvalue weighted by molar-refractivity contribution is 7.92. The number of sulfonamides is 1. The lowest BCUT2D eigenvalue weighted by Crippen LogP contribution is -2.56. The highest BCUT2D eigenvalue weighted by Gasteiger charge is 2.33. The Morgan fingerprint density at radius 1 is 0.886 bits per heavy atom. The van der Waals surface area contributed by atoms with Crippen LogP contribution in [0.4, 0.5) is 11.4 Å². The lowest BCUT2D eigenvalue weighted by atomic mass is 9.93. The Morgan fingerprint density at radius 2 is 1.59 bits per heavy atom. The molecule has 4 aromatic carbocycles. The third kappa shape index (κ3) is 6.56. The van der Waals surface area contributed by atoms with E-state index in [1.807, 2.05) is 85.4 Å². The van der Waals surface area contributed by atoms with Gasteiger partial charge in [-0.2, -0.15) is 0 Å². The normalized spacial score (nSPS) is 17.5. The van der Waals surface area contributed by atoms with Gasteiger partial charge in [-0.15, -0.1) is 0 Å². The van der Waals surface area contributed by atoms with E-state index in [1.54, 1.807) is 17.0 Å². The molecule has 1 radical (unpaired) electrons. The van der Waals surface area contributed by atoms with Crippen LogP contribution in [0.25, 0.3) is 10.8 Å². The number of carbonyl (C=O) groups is 2. The van der Waals surface area contributed by atoms with Crippen molar-refractivity contribution < 1.29 is 18.0 Å². The summed E-state index contributed by atoms with van der Waals surface area (Å²) < 4.78 is 26.5. The van der Waals surface area contributed by atoms with E-state index in [2.05, 4.69) is 20.3 Å². The number of nitrogens with one attached hydrogen (secondary N) is 3. The molecule has 0 aromatic heterocycles. The van der Waals surface area contributed by atoms with Crippen molar-refractivity contribution in [3.05, 3.63) is 114 Å². The Hall–Kier alpha value is -4.41. The number of piperazine rings is 1. The first-order valence-corrected chi connectivity index (χ1v) is 16.7. The van der Waals surface area contributed by atoms with Crippen LogP contribution < -0.4 is 20.3 Å². The lowest BCUT2D eigenvalue weighted by molar-refractivity contribution is -0.137. The van der Waals surface area contributed by atoms with Crippen molar-refractivity contribution in [3.8, 4) is 0 Å². The summed E-state index contributed by atoms with van der Waals surface area (Å²) in [6.45, 7) is 3.81. The third-order valence-corrected chi connectivity index (χ3v) is 8.88. The molecule has 1 saturated heterocycles. The van der Waals surface area contributed by atoms with Gasteiger partial charge in [0.25, 0.3) is 0 Å². The fraction of sp³-hybridized carbons (Fsp3) is 0.265. The minimum absolute atomic E-state index is 0.137. The van der Waals surface area contributed by atoms with E-state index in [9.17, 15) is 18.0 Å². The molecule has 0 spiro atoms. The Kier molecular flexibility index (Phi) is 8.54. The van der Waals surface area contributed by atoms with Gasteiger partial charge >= 0.3 is 0 Å². The number of hydrogen-bond donors (Lipinski definition) is 3. The number of anilines is 2. The summed E-state index contributed by atoms with van der Waals surface area (Å²) in [7, 11) is -3.45. The molecule has 4 aromatic rings. The van der Waals surface area contributed by atoms with E-state index in [0.29, 0.717) is 38.3 Å². The quantitative estimate of drug-likeness (QED) is 0.281. The Bertz CT molecular complexity index is 1780. The van der Waals surface area contributed by atoms with Crippen molar-refractivity contribution in [2.24, 2.45) is 0 Å². The van der Waals surface area contributed by atoms with Crippen LogP contribution in [0.2, 0.25) is 0 Å². The molecular formula is C34H36N5O4S. The molecule has 2 heterocycles. The molecule has 6 rings (SSSR count). The maximum atomic E-state index is 14.2. The van der Waals surface area contributed by atoms with Crippen LogP contribution in [0.3, 0.4) is 0 Å². The predicted octanol–water partition coefficient (Wildman–Crippen LogP) is 3.64. The lowest BCUT2D eigenvalue weighted by Gasteiger charge is -2.38. The van der Waals surface area contributed by atoms with Crippen LogP contribution in [-0.4, -0.2) is 63.6 Å². The second-order valence-electron chi connectivity index (χ2n) is 11.3. The van der Waals surface area contributed by atoms with Crippen molar-refractivity contribution in [2.75, 3.05) is 42.1 Å². The molecule has 3 N–H and O–H groups in total. The summed E-state index contributed by atoms with van der Waals surface area (Å²) in [5, 5.41) is 8.46. The molecule has 44 heavy (non-hydrogen) atoms. The zero-order valence-corrected chi connectivity index (χ0v) is 25.4. The van der Waals surface area contributed by atoms with Crippen molar-refractivity contribution in [1.29, 1.82) is 0 Å². The molecule has 1 unspecified atom stereocenters. The van der Waals surface area contributed by atoms with Gasteiger partial charge in [0.15, 0.2) is 0 Å².